The Morgan fingerprint density at radius 2 is 1.65 bits per heavy atom. The molecule has 0 saturated heterocycles. The van der Waals surface area contributed by atoms with E-state index >= 15 is 0 Å². The van der Waals surface area contributed by atoms with Gasteiger partial charge < -0.3 is 5.11 Å². The van der Waals surface area contributed by atoms with Gasteiger partial charge in [0.1, 0.15) is 5.52 Å². The van der Waals surface area contributed by atoms with Gasteiger partial charge in [-0.1, -0.05) is 36.1 Å². The van der Waals surface area contributed by atoms with Crippen molar-refractivity contribution in [3.63, 3.8) is 0 Å². The van der Waals surface area contributed by atoms with Crippen LogP contribution in [0.25, 0.3) is 27.8 Å². The van der Waals surface area contributed by atoms with Crippen LogP contribution in [-0.4, -0.2) is 14.5 Å². The van der Waals surface area contributed by atoms with E-state index in [1.807, 2.05) is 41.0 Å². The van der Waals surface area contributed by atoms with E-state index in [2.05, 4.69) is 9.97 Å². The number of nitrogens with zero attached hydrogens (tertiary/aromatic N) is 3. The van der Waals surface area contributed by atoms with Gasteiger partial charge in [0.25, 0.3) is 0 Å². The van der Waals surface area contributed by atoms with Crippen molar-refractivity contribution < 1.29 is 5.11 Å². The highest BCUT2D eigenvalue weighted by atomic mass is 16.3. The first-order valence-electron chi connectivity index (χ1n) is 6.33. The second-order valence-corrected chi connectivity index (χ2v) is 4.55. The second kappa shape index (κ2) is 4.06. The van der Waals surface area contributed by atoms with E-state index in [4.69, 9.17) is 0 Å². The molecule has 4 rings (SSSR count). The summed E-state index contributed by atoms with van der Waals surface area (Å²) in [6.07, 6.45) is 3.26. The smallest absolute Gasteiger partial charge is 0.164 e. The lowest BCUT2D eigenvalue weighted by Gasteiger charge is -2.08. The summed E-state index contributed by atoms with van der Waals surface area (Å²) < 4.78 is 1.97. The highest BCUT2D eigenvalue weighted by molar-refractivity contribution is 6.08. The maximum absolute atomic E-state index is 12.2. The molecule has 0 unspecified atom stereocenters. The summed E-state index contributed by atoms with van der Waals surface area (Å²) in [5.74, 6) is -0.0253. The van der Waals surface area contributed by atoms with Gasteiger partial charge in [0, 0.05) is 23.5 Å². The van der Waals surface area contributed by atoms with Crippen molar-refractivity contribution in [2.45, 2.75) is 0 Å². The topological polar surface area (TPSA) is 53.8 Å². The van der Waals surface area contributed by atoms with Crippen LogP contribution in [0.15, 0.2) is 60.9 Å². The number of para-hydroxylation sites is 1. The average Bonchev–Trinajstić information content (AvgIpc) is 2.84. The average molecular weight is 260 g/mol. The Morgan fingerprint density at radius 3 is 2.50 bits per heavy atom. The fourth-order valence-electron chi connectivity index (χ4n) is 2.57. The van der Waals surface area contributed by atoms with Crippen LogP contribution in [0.1, 0.15) is 0 Å². The lowest BCUT2D eigenvalue weighted by Crippen LogP contribution is -1.95. The molecule has 0 spiro atoms. The second-order valence-electron chi connectivity index (χ2n) is 4.55. The highest BCUT2D eigenvalue weighted by Crippen LogP contribution is 2.33. The number of hydrogen-bond donors (Lipinski definition) is 0. The lowest BCUT2D eigenvalue weighted by atomic mass is 10.2. The Bertz CT molecular complexity index is 913. The summed E-state index contributed by atoms with van der Waals surface area (Å²) >= 11 is 0. The molecule has 0 amide bonds. The third-order valence-corrected chi connectivity index (χ3v) is 3.39. The van der Waals surface area contributed by atoms with Crippen molar-refractivity contribution in [2.75, 3.05) is 0 Å². The highest BCUT2D eigenvalue weighted by Gasteiger charge is 2.13. The quantitative estimate of drug-likeness (QED) is 0.528. The summed E-state index contributed by atoms with van der Waals surface area (Å²) in [4.78, 5) is 8.73. The zero-order chi connectivity index (χ0) is 13.5. The van der Waals surface area contributed by atoms with Crippen molar-refractivity contribution in [3.8, 4) is 11.4 Å². The molecule has 0 saturated carbocycles. The van der Waals surface area contributed by atoms with Crippen molar-refractivity contribution >= 4 is 22.1 Å². The van der Waals surface area contributed by atoms with E-state index in [9.17, 15) is 5.11 Å². The van der Waals surface area contributed by atoms with Gasteiger partial charge in [-0.25, -0.2) is 4.98 Å². The van der Waals surface area contributed by atoms with Gasteiger partial charge >= 0.3 is 0 Å². The Kier molecular flexibility index (Phi) is 2.23. The number of aromatic nitrogens is 3. The monoisotopic (exact) mass is 260 g/mol. The summed E-state index contributed by atoms with van der Waals surface area (Å²) in [6.45, 7) is 0. The third-order valence-electron chi connectivity index (χ3n) is 3.39. The minimum Gasteiger partial charge on any atom is -0.872 e. The van der Waals surface area contributed by atoms with Gasteiger partial charge in [-0.2, -0.15) is 0 Å². The van der Waals surface area contributed by atoms with Gasteiger partial charge in [0.15, 0.2) is 5.65 Å². The fraction of sp³-hybridized carbons (Fsp3) is 0. The Balaban J connectivity index is 2.26. The van der Waals surface area contributed by atoms with E-state index in [-0.39, 0.29) is 5.75 Å². The molecule has 4 nitrogen and oxygen atoms in total. The molecule has 0 bridgehead atoms. The predicted molar refractivity (Wildman–Crippen MR) is 75.8 cm³/mol. The predicted octanol–water partition coefficient (Wildman–Crippen LogP) is 2.65. The molecule has 0 aliphatic heterocycles. The number of benzene rings is 2. The molecule has 20 heavy (non-hydrogen) atoms. The van der Waals surface area contributed by atoms with E-state index in [1.165, 1.54) is 0 Å². The van der Waals surface area contributed by atoms with Crippen LogP contribution in [-0.2, 0) is 0 Å². The van der Waals surface area contributed by atoms with Crippen molar-refractivity contribution in [2.24, 2.45) is 0 Å². The molecule has 4 aromatic rings. The van der Waals surface area contributed by atoms with Crippen LogP contribution in [0.5, 0.6) is 5.75 Å². The van der Waals surface area contributed by atoms with Crippen molar-refractivity contribution in [1.82, 2.24) is 14.5 Å². The van der Waals surface area contributed by atoms with Gasteiger partial charge in [0.2, 0.25) is 0 Å². The minimum absolute atomic E-state index is 0.0253. The molecule has 0 N–H and O–H groups in total. The fourth-order valence-corrected chi connectivity index (χ4v) is 2.57. The first-order valence-corrected chi connectivity index (χ1v) is 6.33. The number of rotatable bonds is 1. The molecule has 0 atom stereocenters. The third kappa shape index (κ3) is 1.42. The number of fused-ring (bicyclic) bond motifs is 3. The van der Waals surface area contributed by atoms with Gasteiger partial charge in [-0.05, 0) is 18.2 Å². The van der Waals surface area contributed by atoms with E-state index < -0.39 is 0 Å². The number of hydrogen-bond acceptors (Lipinski definition) is 3. The van der Waals surface area contributed by atoms with Crippen molar-refractivity contribution in [1.29, 1.82) is 0 Å². The van der Waals surface area contributed by atoms with Crippen LogP contribution < -0.4 is 5.11 Å². The summed E-state index contributed by atoms with van der Waals surface area (Å²) in [6, 6.07) is 15.1. The largest absolute Gasteiger partial charge is 0.872 e. The first-order chi connectivity index (χ1) is 9.86. The Labute approximate surface area is 115 Å². The van der Waals surface area contributed by atoms with Crippen LogP contribution in [0, 0.1) is 0 Å². The molecule has 0 aliphatic rings. The maximum atomic E-state index is 12.2. The van der Waals surface area contributed by atoms with Gasteiger partial charge in [-0.3, -0.25) is 9.55 Å². The minimum atomic E-state index is -0.0253. The Morgan fingerprint density at radius 1 is 0.850 bits per heavy atom. The molecular weight excluding hydrogens is 250 g/mol. The zero-order valence-electron chi connectivity index (χ0n) is 10.5. The lowest BCUT2D eigenvalue weighted by molar-refractivity contribution is -0.265. The van der Waals surface area contributed by atoms with Crippen LogP contribution in [0.4, 0.5) is 0 Å². The molecule has 96 valence electrons. The summed E-state index contributed by atoms with van der Waals surface area (Å²) in [5.41, 5.74) is 3.16. The van der Waals surface area contributed by atoms with Crippen LogP contribution in [0.2, 0.25) is 0 Å². The molecule has 2 aromatic heterocycles. The SMILES string of the molecule is [O-]c1cccc2c1c1nccnc1n2-c1ccccc1. The van der Waals surface area contributed by atoms with Crippen LogP contribution >= 0.6 is 0 Å². The first kappa shape index (κ1) is 11.0. The molecule has 0 radical (unpaired) electrons. The Hall–Kier alpha value is -2.88. The normalized spacial score (nSPS) is 11.2. The van der Waals surface area contributed by atoms with Gasteiger partial charge in [-0.15, -0.1) is 0 Å². The standard InChI is InChI=1S/C16H11N3O/c20-13-8-4-7-12-14(13)15-16(18-10-9-17-15)19(12)11-5-2-1-3-6-11/h1-10,20H/p-1. The molecule has 0 aliphatic carbocycles. The maximum Gasteiger partial charge on any atom is 0.164 e. The van der Waals surface area contributed by atoms with E-state index in [0.29, 0.717) is 16.6 Å². The van der Waals surface area contributed by atoms with Gasteiger partial charge in [0.05, 0.1) is 5.52 Å². The van der Waals surface area contributed by atoms with E-state index in [1.54, 1.807) is 24.5 Å². The van der Waals surface area contributed by atoms with Crippen LogP contribution in [0.3, 0.4) is 0 Å². The summed E-state index contributed by atoms with van der Waals surface area (Å²) in [5, 5.41) is 12.8. The molecular formula is C16H10N3O-. The van der Waals surface area contributed by atoms with Crippen molar-refractivity contribution in [3.05, 3.63) is 60.9 Å². The molecule has 2 heterocycles. The molecule has 4 heteroatoms. The zero-order valence-corrected chi connectivity index (χ0v) is 10.5. The summed E-state index contributed by atoms with van der Waals surface area (Å²) in [7, 11) is 0. The molecule has 0 fully saturated rings. The molecule has 2 aromatic carbocycles. The van der Waals surface area contributed by atoms with E-state index in [0.717, 1.165) is 11.2 Å².